The van der Waals surface area contributed by atoms with E-state index in [4.69, 9.17) is 0 Å². The third-order valence-corrected chi connectivity index (χ3v) is 6.18. The van der Waals surface area contributed by atoms with Gasteiger partial charge in [-0.25, -0.2) is 0 Å². The molecule has 0 aliphatic heterocycles. The first kappa shape index (κ1) is 22.7. The Morgan fingerprint density at radius 1 is 1.17 bits per heavy atom. The zero-order valence-corrected chi connectivity index (χ0v) is 20.6. The fraction of sp³-hybridized carbons (Fsp3) is 0.280. The fourth-order valence-corrected chi connectivity index (χ4v) is 4.51. The van der Waals surface area contributed by atoms with Crippen LogP contribution in [0.4, 0.5) is 5.69 Å². The number of carbonyl (C=O) groups is 1. The van der Waals surface area contributed by atoms with Gasteiger partial charge in [0.25, 0.3) is 0 Å². The van der Waals surface area contributed by atoms with Crippen molar-refractivity contribution in [1.82, 2.24) is 4.98 Å². The zero-order chi connectivity index (χ0) is 20.9. The average molecular weight is 472 g/mol. The number of benzene rings is 2. The van der Waals surface area contributed by atoms with Crippen molar-refractivity contribution in [3.63, 3.8) is 0 Å². The Bertz CT molecular complexity index is 1180. The van der Waals surface area contributed by atoms with E-state index in [2.05, 4.69) is 62.7 Å². The molecule has 0 amide bonds. The molecule has 1 radical (unpaired) electrons. The molecule has 1 aromatic heterocycles. The van der Waals surface area contributed by atoms with Gasteiger partial charge in [0.05, 0.1) is 17.2 Å². The third-order valence-electron chi connectivity index (χ3n) is 6.18. The molecule has 1 aliphatic rings. The van der Waals surface area contributed by atoms with Crippen LogP contribution < -0.4 is 4.90 Å². The molecular weight excluding hydrogens is 447 g/mol. The van der Waals surface area contributed by atoms with Crippen molar-refractivity contribution in [2.45, 2.75) is 32.6 Å². The standard InChI is InChI=1S/C25H25N3O.Y/c1-6-16-12-18-19(13-21(16)28(7-2)8-3)25(4,5)24-22(23(18)29)17-10-9-15(14-26)11-20(17)27-24;/h9-13,27H,2-3,6-8H2,1,4-5H3;/q-2;. The summed E-state index contributed by atoms with van der Waals surface area (Å²) in [7, 11) is 0. The number of ketones is 1. The molecule has 2 aromatic carbocycles. The molecule has 1 N–H and O–H groups in total. The molecule has 5 heteroatoms. The Kier molecular flexibility index (Phi) is 6.28. The van der Waals surface area contributed by atoms with Crippen LogP contribution in [-0.4, -0.2) is 23.9 Å². The van der Waals surface area contributed by atoms with E-state index in [1.165, 1.54) is 0 Å². The summed E-state index contributed by atoms with van der Waals surface area (Å²) in [5, 5.41) is 10.1. The number of nitriles is 1. The Balaban J connectivity index is 0.00000256. The molecule has 0 bridgehead atoms. The summed E-state index contributed by atoms with van der Waals surface area (Å²) in [5.41, 5.74) is 6.68. The molecule has 4 rings (SSSR count). The van der Waals surface area contributed by atoms with Crippen LogP contribution in [0, 0.1) is 25.2 Å². The molecule has 4 nitrogen and oxygen atoms in total. The van der Waals surface area contributed by atoms with Crippen LogP contribution in [0.3, 0.4) is 0 Å². The topological polar surface area (TPSA) is 59.9 Å². The Morgan fingerprint density at radius 2 is 1.87 bits per heavy atom. The summed E-state index contributed by atoms with van der Waals surface area (Å²) in [5.74, 6) is 0.0438. The number of anilines is 1. The molecule has 30 heavy (non-hydrogen) atoms. The second kappa shape index (κ2) is 8.29. The maximum Gasteiger partial charge on any atom is 0.195 e. The van der Waals surface area contributed by atoms with Crippen LogP contribution in [0.5, 0.6) is 0 Å². The SMILES string of the molecule is [CH2-]CN(C[CH2-])c1cc2c(cc1CC)C(=O)c1c([nH]c3cc(C#N)ccc13)C2(C)C.[Y]. The number of H-pyrrole nitrogens is 1. The smallest absolute Gasteiger partial charge is 0.195 e. The van der Waals surface area contributed by atoms with Crippen LogP contribution in [0.2, 0.25) is 0 Å². The van der Waals surface area contributed by atoms with Crippen molar-refractivity contribution in [2.24, 2.45) is 0 Å². The first-order valence-electron chi connectivity index (χ1n) is 9.99. The maximum absolute atomic E-state index is 13.6. The van der Waals surface area contributed by atoms with Crippen molar-refractivity contribution in [2.75, 3.05) is 18.0 Å². The van der Waals surface area contributed by atoms with Gasteiger partial charge in [-0.15, -0.1) is 13.1 Å². The van der Waals surface area contributed by atoms with Crippen LogP contribution in [-0.2, 0) is 44.5 Å². The number of fused-ring (bicyclic) bond motifs is 4. The van der Waals surface area contributed by atoms with Gasteiger partial charge in [-0.1, -0.05) is 26.8 Å². The number of aryl methyl sites for hydroxylation is 1. The normalized spacial score (nSPS) is 13.9. The van der Waals surface area contributed by atoms with Gasteiger partial charge in [0.1, 0.15) is 0 Å². The number of aromatic amines is 1. The van der Waals surface area contributed by atoms with Crippen molar-refractivity contribution >= 4 is 22.4 Å². The molecule has 0 unspecified atom stereocenters. The second-order valence-corrected chi connectivity index (χ2v) is 8.07. The van der Waals surface area contributed by atoms with Crippen LogP contribution >= 0.6 is 0 Å². The number of hydrogen-bond acceptors (Lipinski definition) is 3. The summed E-state index contributed by atoms with van der Waals surface area (Å²) >= 11 is 0. The summed E-state index contributed by atoms with van der Waals surface area (Å²) in [6.45, 7) is 15.7. The summed E-state index contributed by atoms with van der Waals surface area (Å²) in [6, 6.07) is 11.8. The van der Waals surface area contributed by atoms with Crippen LogP contribution in [0.15, 0.2) is 30.3 Å². The predicted octanol–water partition coefficient (Wildman–Crippen LogP) is 4.94. The Morgan fingerprint density at radius 3 is 2.47 bits per heavy atom. The van der Waals surface area contributed by atoms with Gasteiger partial charge in [-0.3, -0.25) is 4.79 Å². The van der Waals surface area contributed by atoms with E-state index in [1.54, 1.807) is 6.07 Å². The zero-order valence-electron chi connectivity index (χ0n) is 17.8. The largest absolute Gasteiger partial charge is 0.431 e. The van der Waals surface area contributed by atoms with Crippen LogP contribution in [0.25, 0.3) is 10.9 Å². The molecule has 0 spiro atoms. The molecule has 151 valence electrons. The van der Waals surface area contributed by atoms with Crippen molar-refractivity contribution in [1.29, 1.82) is 5.26 Å². The number of hydrogen-bond donors (Lipinski definition) is 1. The van der Waals surface area contributed by atoms with Gasteiger partial charge in [0.15, 0.2) is 5.78 Å². The summed E-state index contributed by atoms with van der Waals surface area (Å²) in [4.78, 5) is 19.2. The van der Waals surface area contributed by atoms with Crippen molar-refractivity contribution < 1.29 is 37.5 Å². The fourth-order valence-electron chi connectivity index (χ4n) is 4.51. The van der Waals surface area contributed by atoms with Gasteiger partial charge < -0.3 is 23.7 Å². The van der Waals surface area contributed by atoms with E-state index in [9.17, 15) is 10.1 Å². The molecule has 0 saturated heterocycles. The van der Waals surface area contributed by atoms with E-state index in [-0.39, 0.29) is 43.9 Å². The van der Waals surface area contributed by atoms with Gasteiger partial charge in [0, 0.05) is 66.0 Å². The van der Waals surface area contributed by atoms with Crippen LogP contribution in [0.1, 0.15) is 59.1 Å². The molecule has 1 aliphatic carbocycles. The third kappa shape index (κ3) is 3.24. The number of nitrogens with one attached hydrogen (secondary N) is 1. The average Bonchev–Trinajstić information content (AvgIpc) is 3.12. The summed E-state index contributed by atoms with van der Waals surface area (Å²) < 4.78 is 0. The van der Waals surface area contributed by atoms with Gasteiger partial charge in [-0.2, -0.15) is 5.26 Å². The number of nitrogens with zero attached hydrogens (tertiary/aromatic N) is 2. The molecule has 0 atom stereocenters. The molecule has 3 aromatic rings. The maximum atomic E-state index is 13.6. The van der Waals surface area contributed by atoms with E-state index >= 15 is 0 Å². The van der Waals surface area contributed by atoms with Gasteiger partial charge in [-0.05, 0) is 41.8 Å². The molecular formula is C25H25N3OY-2. The number of carbonyl (C=O) groups excluding carboxylic acids is 1. The molecule has 1 heterocycles. The minimum absolute atomic E-state index is 0. The Hall–Kier alpha value is -1.96. The quantitative estimate of drug-likeness (QED) is 0.547. The van der Waals surface area contributed by atoms with E-state index in [0.717, 1.165) is 51.0 Å². The minimum atomic E-state index is -0.376. The number of rotatable bonds is 4. The first-order chi connectivity index (χ1) is 13.9. The van der Waals surface area contributed by atoms with E-state index in [0.29, 0.717) is 18.7 Å². The predicted molar refractivity (Wildman–Crippen MR) is 117 cm³/mol. The second-order valence-electron chi connectivity index (χ2n) is 8.07. The van der Waals surface area contributed by atoms with Gasteiger partial charge in [0.2, 0.25) is 0 Å². The van der Waals surface area contributed by atoms with E-state index in [1.807, 2.05) is 12.1 Å². The molecule has 0 saturated carbocycles. The first-order valence-corrected chi connectivity index (χ1v) is 9.99. The monoisotopic (exact) mass is 472 g/mol. The van der Waals surface area contributed by atoms with Gasteiger partial charge >= 0.3 is 0 Å². The minimum Gasteiger partial charge on any atom is -0.431 e. The Labute approximate surface area is 203 Å². The summed E-state index contributed by atoms with van der Waals surface area (Å²) in [6.07, 6.45) is 0.832. The number of aromatic nitrogens is 1. The van der Waals surface area contributed by atoms with Crippen molar-refractivity contribution in [3.8, 4) is 6.07 Å². The van der Waals surface area contributed by atoms with Crippen molar-refractivity contribution in [3.05, 3.63) is 77.7 Å². The van der Waals surface area contributed by atoms with E-state index < -0.39 is 0 Å². The molecule has 0 fully saturated rings.